The first-order valence-corrected chi connectivity index (χ1v) is 7.02. The molecule has 3 aromatic rings. The van der Waals surface area contributed by atoms with Crippen LogP contribution in [0.25, 0.3) is 21.8 Å². The van der Waals surface area contributed by atoms with E-state index in [2.05, 4.69) is 4.98 Å². The lowest BCUT2D eigenvalue weighted by atomic mass is 10.0. The van der Waals surface area contributed by atoms with Crippen LogP contribution in [0.2, 0.25) is 5.02 Å². The van der Waals surface area contributed by atoms with Crippen molar-refractivity contribution >= 4 is 39.4 Å². The summed E-state index contributed by atoms with van der Waals surface area (Å²) in [5.74, 6) is -0.486. The molecule has 0 aliphatic heterocycles. The fourth-order valence-corrected chi connectivity index (χ4v) is 2.94. The number of fused-ring (bicyclic) bond motifs is 3. The SMILES string of the molecule is CCOc1c(Cl)c(C)c(C(=O)O)c2c1[nH]c1ccccc12. The molecule has 0 spiro atoms. The van der Waals surface area contributed by atoms with E-state index in [1.807, 2.05) is 31.2 Å². The number of benzene rings is 2. The van der Waals surface area contributed by atoms with E-state index in [0.29, 0.717) is 33.8 Å². The molecule has 21 heavy (non-hydrogen) atoms. The second-order valence-electron chi connectivity index (χ2n) is 4.80. The number of hydrogen-bond donors (Lipinski definition) is 2. The number of ether oxygens (including phenoxy) is 1. The summed E-state index contributed by atoms with van der Waals surface area (Å²) >= 11 is 6.32. The molecule has 0 radical (unpaired) electrons. The van der Waals surface area contributed by atoms with Gasteiger partial charge in [-0.2, -0.15) is 0 Å². The summed E-state index contributed by atoms with van der Waals surface area (Å²) in [5, 5.41) is 11.4. The number of hydrogen-bond acceptors (Lipinski definition) is 2. The molecular formula is C16H14ClNO3. The number of aromatic amines is 1. The van der Waals surface area contributed by atoms with Crippen LogP contribution < -0.4 is 4.74 Å². The van der Waals surface area contributed by atoms with Gasteiger partial charge < -0.3 is 14.8 Å². The number of halogens is 1. The highest BCUT2D eigenvalue weighted by Crippen LogP contribution is 2.42. The molecule has 0 aliphatic carbocycles. The van der Waals surface area contributed by atoms with Crippen LogP contribution in [0.5, 0.6) is 5.75 Å². The van der Waals surface area contributed by atoms with E-state index in [0.717, 1.165) is 10.9 Å². The maximum atomic E-state index is 11.7. The maximum absolute atomic E-state index is 11.7. The first-order chi connectivity index (χ1) is 10.1. The lowest BCUT2D eigenvalue weighted by Gasteiger charge is -2.12. The molecular weight excluding hydrogens is 290 g/mol. The van der Waals surface area contributed by atoms with Gasteiger partial charge in [-0.3, -0.25) is 0 Å². The fraction of sp³-hybridized carbons (Fsp3) is 0.188. The molecule has 0 saturated heterocycles. The molecule has 108 valence electrons. The van der Waals surface area contributed by atoms with E-state index in [1.165, 1.54) is 0 Å². The van der Waals surface area contributed by atoms with E-state index in [4.69, 9.17) is 16.3 Å². The van der Waals surface area contributed by atoms with Gasteiger partial charge >= 0.3 is 5.97 Å². The van der Waals surface area contributed by atoms with Crippen molar-refractivity contribution in [1.82, 2.24) is 4.98 Å². The van der Waals surface area contributed by atoms with Gasteiger partial charge in [0.1, 0.15) is 0 Å². The summed E-state index contributed by atoms with van der Waals surface area (Å²) < 4.78 is 5.64. The third-order valence-corrected chi connectivity index (χ3v) is 4.04. The second-order valence-corrected chi connectivity index (χ2v) is 5.18. The van der Waals surface area contributed by atoms with Crippen LogP contribution in [-0.4, -0.2) is 22.7 Å². The van der Waals surface area contributed by atoms with Gasteiger partial charge in [0.15, 0.2) is 5.75 Å². The Bertz CT molecular complexity index is 867. The largest absolute Gasteiger partial charge is 0.490 e. The van der Waals surface area contributed by atoms with Gasteiger partial charge in [-0.05, 0) is 25.5 Å². The van der Waals surface area contributed by atoms with Crippen LogP contribution >= 0.6 is 11.6 Å². The molecule has 2 N–H and O–H groups in total. The Morgan fingerprint density at radius 2 is 2.10 bits per heavy atom. The minimum absolute atomic E-state index is 0.218. The smallest absolute Gasteiger partial charge is 0.336 e. The van der Waals surface area contributed by atoms with Gasteiger partial charge in [-0.15, -0.1) is 0 Å². The monoisotopic (exact) mass is 303 g/mol. The summed E-state index contributed by atoms with van der Waals surface area (Å²) in [4.78, 5) is 14.9. The predicted molar refractivity (Wildman–Crippen MR) is 83.7 cm³/mol. The van der Waals surface area contributed by atoms with Gasteiger partial charge in [0.2, 0.25) is 0 Å². The number of nitrogens with one attached hydrogen (secondary N) is 1. The van der Waals surface area contributed by atoms with E-state index in [-0.39, 0.29) is 5.56 Å². The Hall–Kier alpha value is -2.20. The zero-order valence-electron chi connectivity index (χ0n) is 11.7. The van der Waals surface area contributed by atoms with E-state index in [1.54, 1.807) is 6.92 Å². The fourth-order valence-electron chi connectivity index (χ4n) is 2.70. The van der Waals surface area contributed by atoms with Gasteiger partial charge in [0.25, 0.3) is 0 Å². The first kappa shape index (κ1) is 13.8. The highest BCUT2D eigenvalue weighted by molar-refractivity contribution is 6.36. The number of H-pyrrole nitrogens is 1. The number of aromatic nitrogens is 1. The van der Waals surface area contributed by atoms with Crippen molar-refractivity contribution in [2.45, 2.75) is 13.8 Å². The van der Waals surface area contributed by atoms with E-state index in [9.17, 15) is 9.90 Å². The van der Waals surface area contributed by atoms with Gasteiger partial charge in [-0.25, -0.2) is 4.79 Å². The minimum Gasteiger partial charge on any atom is -0.490 e. The van der Waals surface area contributed by atoms with E-state index >= 15 is 0 Å². The Morgan fingerprint density at radius 3 is 2.76 bits per heavy atom. The molecule has 0 saturated carbocycles. The zero-order valence-corrected chi connectivity index (χ0v) is 12.4. The minimum atomic E-state index is -0.993. The van der Waals surface area contributed by atoms with Crippen molar-refractivity contribution in [3.63, 3.8) is 0 Å². The van der Waals surface area contributed by atoms with Gasteiger partial charge in [-0.1, -0.05) is 29.8 Å². The number of carboxylic acid groups (broad SMARTS) is 1. The summed E-state index contributed by atoms with van der Waals surface area (Å²) in [5.41, 5.74) is 2.23. The van der Waals surface area contributed by atoms with Gasteiger partial charge in [0, 0.05) is 16.3 Å². The number of carboxylic acids is 1. The molecule has 0 atom stereocenters. The molecule has 1 heterocycles. The molecule has 5 heteroatoms. The molecule has 0 bridgehead atoms. The number of para-hydroxylation sites is 1. The Labute approximate surface area is 126 Å². The molecule has 0 amide bonds. The normalized spacial score (nSPS) is 11.2. The average molecular weight is 304 g/mol. The third kappa shape index (κ3) is 1.94. The quantitative estimate of drug-likeness (QED) is 0.754. The van der Waals surface area contributed by atoms with Crippen molar-refractivity contribution in [2.75, 3.05) is 6.61 Å². The average Bonchev–Trinajstić information content (AvgIpc) is 2.83. The van der Waals surface area contributed by atoms with Crippen LogP contribution in [0.15, 0.2) is 24.3 Å². The van der Waals surface area contributed by atoms with E-state index < -0.39 is 5.97 Å². The van der Waals surface area contributed by atoms with Crippen molar-refractivity contribution in [3.8, 4) is 5.75 Å². The molecule has 0 unspecified atom stereocenters. The molecule has 3 rings (SSSR count). The van der Waals surface area contributed by atoms with Crippen molar-refractivity contribution in [1.29, 1.82) is 0 Å². The first-order valence-electron chi connectivity index (χ1n) is 6.64. The predicted octanol–water partition coefficient (Wildman–Crippen LogP) is 4.38. The van der Waals surface area contributed by atoms with Crippen LogP contribution in [0, 0.1) is 6.92 Å². The summed E-state index contributed by atoms with van der Waals surface area (Å²) in [7, 11) is 0. The Kier molecular flexibility index (Phi) is 3.26. The number of aromatic carboxylic acids is 1. The van der Waals surface area contributed by atoms with Crippen LogP contribution in [0.1, 0.15) is 22.8 Å². The number of carbonyl (C=O) groups is 1. The lowest BCUT2D eigenvalue weighted by molar-refractivity contribution is 0.0698. The highest BCUT2D eigenvalue weighted by atomic mass is 35.5. The van der Waals surface area contributed by atoms with Gasteiger partial charge in [0.05, 0.1) is 22.7 Å². The Morgan fingerprint density at radius 1 is 1.38 bits per heavy atom. The highest BCUT2D eigenvalue weighted by Gasteiger charge is 2.23. The van der Waals surface area contributed by atoms with Crippen molar-refractivity contribution in [2.24, 2.45) is 0 Å². The summed E-state index contributed by atoms with van der Waals surface area (Å²) in [6, 6.07) is 7.57. The molecule has 2 aromatic carbocycles. The lowest BCUT2D eigenvalue weighted by Crippen LogP contribution is -2.04. The van der Waals surface area contributed by atoms with Crippen molar-refractivity contribution in [3.05, 3.63) is 40.4 Å². The molecule has 0 fully saturated rings. The van der Waals surface area contributed by atoms with Crippen LogP contribution in [0.4, 0.5) is 0 Å². The van der Waals surface area contributed by atoms with Crippen molar-refractivity contribution < 1.29 is 14.6 Å². The number of rotatable bonds is 3. The molecule has 1 aromatic heterocycles. The topological polar surface area (TPSA) is 62.3 Å². The molecule has 4 nitrogen and oxygen atoms in total. The maximum Gasteiger partial charge on any atom is 0.336 e. The zero-order chi connectivity index (χ0) is 15.1. The second kappa shape index (κ2) is 4.97. The molecule has 0 aliphatic rings. The standard InChI is InChI=1S/C16H14ClNO3/c1-3-21-15-13(17)8(2)11(16(19)20)12-9-6-4-5-7-10(9)18-14(12)15/h4-7,18H,3H2,1-2H3,(H,19,20). The summed E-state index contributed by atoms with van der Waals surface area (Å²) in [6.07, 6.45) is 0. The Balaban J connectivity index is 2.59. The summed E-state index contributed by atoms with van der Waals surface area (Å²) in [6.45, 7) is 4.02. The van der Waals surface area contributed by atoms with Crippen LogP contribution in [-0.2, 0) is 0 Å². The third-order valence-electron chi connectivity index (χ3n) is 3.59. The van der Waals surface area contributed by atoms with Crippen LogP contribution in [0.3, 0.4) is 0 Å².